The highest BCUT2D eigenvalue weighted by Crippen LogP contribution is 2.08. The normalized spacial score (nSPS) is 16.7. The summed E-state index contributed by atoms with van der Waals surface area (Å²) in [4.78, 5) is 9.29. The van der Waals surface area contributed by atoms with E-state index in [9.17, 15) is 0 Å². The lowest BCUT2D eigenvalue weighted by atomic mass is 10.2. The molecule has 0 unspecified atom stereocenters. The van der Waals surface area contributed by atoms with Crippen molar-refractivity contribution in [3.8, 4) is 0 Å². The summed E-state index contributed by atoms with van der Waals surface area (Å²) in [6, 6.07) is 10.7. The van der Waals surface area contributed by atoms with E-state index >= 15 is 0 Å². The fourth-order valence-corrected chi connectivity index (χ4v) is 2.88. The quantitative estimate of drug-likeness (QED) is 0.472. The van der Waals surface area contributed by atoms with Crippen molar-refractivity contribution in [3.63, 3.8) is 0 Å². The molecule has 1 fully saturated rings. The fraction of sp³-hybridized carbons (Fsp3) is 0.632. The van der Waals surface area contributed by atoms with Crippen molar-refractivity contribution in [2.24, 2.45) is 4.99 Å². The van der Waals surface area contributed by atoms with Crippen LogP contribution >= 0.6 is 0 Å². The number of hydrogen-bond donors (Lipinski definition) is 1. The molecule has 1 aliphatic rings. The average molecular weight is 332 g/mol. The number of piperazine rings is 1. The Balaban J connectivity index is 1.68. The molecule has 5 nitrogen and oxygen atoms in total. The van der Waals surface area contributed by atoms with Gasteiger partial charge >= 0.3 is 0 Å². The van der Waals surface area contributed by atoms with Crippen LogP contribution in [0.25, 0.3) is 0 Å². The van der Waals surface area contributed by atoms with Gasteiger partial charge in [-0.25, -0.2) is 0 Å². The van der Waals surface area contributed by atoms with Gasteiger partial charge in [-0.3, -0.25) is 9.89 Å². The minimum atomic E-state index is 0.307. The first kappa shape index (κ1) is 18.7. The summed E-state index contributed by atoms with van der Waals surface area (Å²) < 4.78 is 5.57. The maximum absolute atomic E-state index is 5.57. The molecule has 1 aromatic rings. The van der Waals surface area contributed by atoms with Gasteiger partial charge < -0.3 is 15.0 Å². The van der Waals surface area contributed by atoms with Gasteiger partial charge in [-0.15, -0.1) is 0 Å². The van der Waals surface area contributed by atoms with Crippen molar-refractivity contribution >= 4 is 5.96 Å². The molecule has 0 spiro atoms. The Morgan fingerprint density at radius 3 is 2.50 bits per heavy atom. The molecule has 0 aliphatic carbocycles. The maximum Gasteiger partial charge on any atom is 0.193 e. The number of guanidine groups is 1. The Hall–Kier alpha value is -1.59. The Bertz CT molecular complexity index is 481. The van der Waals surface area contributed by atoms with Gasteiger partial charge in [0.15, 0.2) is 5.96 Å². The van der Waals surface area contributed by atoms with Gasteiger partial charge in [0.25, 0.3) is 0 Å². The number of benzene rings is 1. The molecule has 0 atom stereocenters. The molecule has 1 aliphatic heterocycles. The summed E-state index contributed by atoms with van der Waals surface area (Å²) >= 11 is 0. The number of nitrogens with one attached hydrogen (secondary N) is 1. The van der Waals surface area contributed by atoms with Gasteiger partial charge in [-0.05, 0) is 25.8 Å². The number of rotatable bonds is 7. The third-order valence-corrected chi connectivity index (χ3v) is 4.19. The van der Waals surface area contributed by atoms with Crippen LogP contribution in [0.1, 0.15) is 25.8 Å². The van der Waals surface area contributed by atoms with Gasteiger partial charge in [0.05, 0.1) is 6.10 Å². The van der Waals surface area contributed by atoms with E-state index in [0.29, 0.717) is 6.10 Å². The molecule has 0 bridgehead atoms. The summed E-state index contributed by atoms with van der Waals surface area (Å²) in [5.74, 6) is 1.01. The zero-order valence-corrected chi connectivity index (χ0v) is 15.4. The number of nitrogens with zero attached hydrogens (tertiary/aromatic N) is 3. The molecule has 24 heavy (non-hydrogen) atoms. The second-order valence-corrected chi connectivity index (χ2v) is 6.50. The zero-order chi connectivity index (χ0) is 17.2. The molecule has 5 heteroatoms. The third-order valence-electron chi connectivity index (χ3n) is 4.19. The monoisotopic (exact) mass is 332 g/mol. The fourth-order valence-electron chi connectivity index (χ4n) is 2.88. The SMILES string of the molecule is CN=C(NCCCOC(C)C)N1CCN(Cc2ccccc2)CC1. The van der Waals surface area contributed by atoms with Crippen LogP contribution in [0.2, 0.25) is 0 Å². The van der Waals surface area contributed by atoms with Crippen molar-refractivity contribution in [3.05, 3.63) is 35.9 Å². The minimum absolute atomic E-state index is 0.307. The molecule has 0 saturated carbocycles. The van der Waals surface area contributed by atoms with Crippen LogP contribution in [0.3, 0.4) is 0 Å². The summed E-state index contributed by atoms with van der Waals surface area (Å²) in [7, 11) is 1.86. The lowest BCUT2D eigenvalue weighted by Gasteiger charge is -2.36. The predicted octanol–water partition coefficient (Wildman–Crippen LogP) is 2.19. The van der Waals surface area contributed by atoms with Gasteiger partial charge in [0.1, 0.15) is 0 Å². The maximum atomic E-state index is 5.57. The van der Waals surface area contributed by atoms with E-state index in [2.05, 4.69) is 64.3 Å². The van der Waals surface area contributed by atoms with Gasteiger partial charge in [0, 0.05) is 52.9 Å². The Labute approximate surface area is 146 Å². The second-order valence-electron chi connectivity index (χ2n) is 6.50. The largest absolute Gasteiger partial charge is 0.379 e. The van der Waals surface area contributed by atoms with Crippen LogP contribution < -0.4 is 5.32 Å². The van der Waals surface area contributed by atoms with Crippen molar-refractivity contribution in [2.45, 2.75) is 32.9 Å². The van der Waals surface area contributed by atoms with Crippen molar-refractivity contribution in [2.75, 3.05) is 46.4 Å². The van der Waals surface area contributed by atoms with Crippen LogP contribution in [0, 0.1) is 0 Å². The number of ether oxygens (including phenoxy) is 1. The Morgan fingerprint density at radius 2 is 1.88 bits per heavy atom. The Morgan fingerprint density at radius 1 is 1.17 bits per heavy atom. The van der Waals surface area contributed by atoms with Gasteiger partial charge in [0.2, 0.25) is 0 Å². The van der Waals surface area contributed by atoms with Gasteiger partial charge in [-0.2, -0.15) is 0 Å². The topological polar surface area (TPSA) is 40.1 Å². The third kappa shape index (κ3) is 6.49. The second kappa shape index (κ2) is 10.3. The highest BCUT2D eigenvalue weighted by molar-refractivity contribution is 5.79. The first-order valence-electron chi connectivity index (χ1n) is 9.02. The summed E-state index contributed by atoms with van der Waals surface area (Å²) in [6.07, 6.45) is 1.31. The van der Waals surface area contributed by atoms with Crippen LogP contribution in [0.5, 0.6) is 0 Å². The van der Waals surface area contributed by atoms with Gasteiger partial charge in [-0.1, -0.05) is 30.3 Å². The molecule has 0 aromatic heterocycles. The van der Waals surface area contributed by atoms with Crippen molar-refractivity contribution in [1.82, 2.24) is 15.1 Å². The molecule has 1 N–H and O–H groups in total. The van der Waals surface area contributed by atoms with Crippen molar-refractivity contribution < 1.29 is 4.74 Å². The van der Waals surface area contributed by atoms with Crippen LogP contribution in [-0.2, 0) is 11.3 Å². The lowest BCUT2D eigenvalue weighted by molar-refractivity contribution is 0.0775. The average Bonchev–Trinajstić information content (AvgIpc) is 2.60. The molecule has 2 rings (SSSR count). The minimum Gasteiger partial charge on any atom is -0.379 e. The first-order valence-corrected chi connectivity index (χ1v) is 9.02. The van der Waals surface area contributed by atoms with Crippen LogP contribution in [-0.4, -0.2) is 68.2 Å². The summed E-state index contributed by atoms with van der Waals surface area (Å²) in [6.45, 7) is 11.1. The summed E-state index contributed by atoms with van der Waals surface area (Å²) in [5, 5.41) is 3.45. The molecular formula is C19H32N4O. The van der Waals surface area contributed by atoms with Crippen molar-refractivity contribution in [1.29, 1.82) is 0 Å². The molecule has 1 aromatic carbocycles. The van der Waals surface area contributed by atoms with Crippen LogP contribution in [0.4, 0.5) is 0 Å². The standard InChI is InChI=1S/C19H32N4O/c1-17(2)24-15-7-10-21-19(20-3)23-13-11-22(12-14-23)16-18-8-5-4-6-9-18/h4-6,8-9,17H,7,10-16H2,1-3H3,(H,20,21). The molecule has 134 valence electrons. The predicted molar refractivity (Wildman–Crippen MR) is 100 cm³/mol. The summed E-state index contributed by atoms with van der Waals surface area (Å²) in [5.41, 5.74) is 1.39. The smallest absolute Gasteiger partial charge is 0.193 e. The number of hydrogen-bond acceptors (Lipinski definition) is 3. The molecule has 1 saturated heterocycles. The highest BCUT2D eigenvalue weighted by Gasteiger charge is 2.19. The Kier molecular flexibility index (Phi) is 8.05. The molecule has 0 amide bonds. The van der Waals surface area contributed by atoms with E-state index in [1.54, 1.807) is 0 Å². The first-order chi connectivity index (χ1) is 11.7. The molecule has 1 heterocycles. The molecule has 0 radical (unpaired) electrons. The zero-order valence-electron chi connectivity index (χ0n) is 15.4. The van der Waals surface area contributed by atoms with E-state index in [1.165, 1.54) is 5.56 Å². The van der Waals surface area contributed by atoms with E-state index in [4.69, 9.17) is 4.74 Å². The highest BCUT2D eigenvalue weighted by atomic mass is 16.5. The van der Waals surface area contributed by atoms with Crippen LogP contribution in [0.15, 0.2) is 35.3 Å². The van der Waals surface area contributed by atoms with E-state index in [-0.39, 0.29) is 0 Å². The lowest BCUT2D eigenvalue weighted by Crippen LogP contribution is -2.52. The van der Waals surface area contributed by atoms with E-state index in [1.807, 2.05) is 7.05 Å². The van der Waals surface area contributed by atoms with E-state index < -0.39 is 0 Å². The van der Waals surface area contributed by atoms with E-state index in [0.717, 1.165) is 58.3 Å². The molecular weight excluding hydrogens is 300 g/mol. The number of aliphatic imine (C=N–C) groups is 1.